The normalized spacial score (nSPS) is 12.2. The Morgan fingerprint density at radius 3 is 2.69 bits per heavy atom. The monoisotopic (exact) mass is 174 g/mol. The van der Waals surface area contributed by atoms with Gasteiger partial charge in [-0.15, -0.1) is 0 Å². The van der Waals surface area contributed by atoms with Gasteiger partial charge in [0.25, 0.3) is 0 Å². The molecular weight excluding hydrogens is 160 g/mol. The minimum Gasteiger partial charge on any atom is -0.343 e. The lowest BCUT2D eigenvalue weighted by Gasteiger charge is -2.15. The van der Waals surface area contributed by atoms with Crippen LogP contribution in [0.15, 0.2) is 24.4 Å². The van der Waals surface area contributed by atoms with Crippen LogP contribution in [0.1, 0.15) is 26.5 Å². The zero-order valence-electron chi connectivity index (χ0n) is 8.26. The van der Waals surface area contributed by atoms with Crippen LogP contribution in [0, 0.1) is 0 Å². The zero-order valence-corrected chi connectivity index (χ0v) is 8.26. The number of fused-ring (bicyclic) bond motifs is 1. The van der Waals surface area contributed by atoms with Gasteiger partial charge in [0, 0.05) is 22.7 Å². The number of aromatic nitrogens is 2. The topological polar surface area (TPSA) is 28.7 Å². The van der Waals surface area contributed by atoms with E-state index in [1.807, 2.05) is 12.3 Å². The van der Waals surface area contributed by atoms with E-state index in [-0.39, 0.29) is 5.41 Å². The van der Waals surface area contributed by atoms with Crippen LogP contribution in [-0.2, 0) is 5.41 Å². The van der Waals surface area contributed by atoms with Gasteiger partial charge in [-0.05, 0) is 18.2 Å². The van der Waals surface area contributed by atoms with Crippen molar-refractivity contribution in [3.05, 3.63) is 30.1 Å². The van der Waals surface area contributed by atoms with Gasteiger partial charge in [0.05, 0.1) is 0 Å². The van der Waals surface area contributed by atoms with Gasteiger partial charge in [-0.2, -0.15) is 0 Å². The molecule has 0 bridgehead atoms. The molecule has 0 aromatic carbocycles. The molecule has 13 heavy (non-hydrogen) atoms. The summed E-state index contributed by atoms with van der Waals surface area (Å²) in [5, 5.41) is 1.19. The molecule has 0 spiro atoms. The van der Waals surface area contributed by atoms with E-state index in [2.05, 4.69) is 42.9 Å². The quantitative estimate of drug-likeness (QED) is 0.653. The van der Waals surface area contributed by atoms with Crippen molar-refractivity contribution >= 4 is 11.0 Å². The van der Waals surface area contributed by atoms with E-state index in [4.69, 9.17) is 0 Å². The third-order valence-electron chi connectivity index (χ3n) is 2.20. The molecule has 2 rings (SSSR count). The summed E-state index contributed by atoms with van der Waals surface area (Å²) < 4.78 is 0. The smallest absolute Gasteiger partial charge is 0.137 e. The van der Waals surface area contributed by atoms with Crippen molar-refractivity contribution in [2.45, 2.75) is 26.2 Å². The highest BCUT2D eigenvalue weighted by Crippen LogP contribution is 2.24. The highest BCUT2D eigenvalue weighted by molar-refractivity contribution is 5.76. The van der Waals surface area contributed by atoms with E-state index < -0.39 is 0 Å². The molecule has 0 saturated heterocycles. The molecule has 0 radical (unpaired) electrons. The number of nitrogens with zero attached hydrogens (tertiary/aromatic N) is 1. The molecule has 1 N–H and O–H groups in total. The van der Waals surface area contributed by atoms with Gasteiger partial charge >= 0.3 is 0 Å². The third-order valence-corrected chi connectivity index (χ3v) is 2.20. The SMILES string of the molecule is CC(C)(C)c1cc2cccnc2[nH]1. The number of H-pyrrole nitrogens is 1. The largest absolute Gasteiger partial charge is 0.343 e. The fourth-order valence-electron chi connectivity index (χ4n) is 1.36. The van der Waals surface area contributed by atoms with Gasteiger partial charge < -0.3 is 4.98 Å². The first-order valence-corrected chi connectivity index (χ1v) is 4.51. The lowest BCUT2D eigenvalue weighted by molar-refractivity contribution is 0.574. The predicted molar refractivity (Wildman–Crippen MR) is 54.8 cm³/mol. The van der Waals surface area contributed by atoms with Crippen LogP contribution in [0.5, 0.6) is 0 Å². The van der Waals surface area contributed by atoms with E-state index in [1.165, 1.54) is 11.1 Å². The number of aromatic amines is 1. The Bertz CT molecular complexity index is 388. The summed E-state index contributed by atoms with van der Waals surface area (Å²) in [6.07, 6.45) is 1.81. The second kappa shape index (κ2) is 2.59. The summed E-state index contributed by atoms with van der Waals surface area (Å²) in [6, 6.07) is 6.21. The van der Waals surface area contributed by atoms with Crippen molar-refractivity contribution in [3.63, 3.8) is 0 Å². The molecule has 0 amide bonds. The molecule has 2 aromatic heterocycles. The molecule has 0 atom stereocenters. The number of rotatable bonds is 0. The van der Waals surface area contributed by atoms with Crippen molar-refractivity contribution < 1.29 is 0 Å². The van der Waals surface area contributed by atoms with Crippen molar-refractivity contribution in [2.75, 3.05) is 0 Å². The van der Waals surface area contributed by atoms with Gasteiger partial charge in [0.1, 0.15) is 5.65 Å². The highest BCUT2D eigenvalue weighted by Gasteiger charge is 2.15. The van der Waals surface area contributed by atoms with Crippen LogP contribution in [-0.4, -0.2) is 9.97 Å². The van der Waals surface area contributed by atoms with E-state index >= 15 is 0 Å². The van der Waals surface area contributed by atoms with Crippen molar-refractivity contribution in [1.82, 2.24) is 9.97 Å². The van der Waals surface area contributed by atoms with Crippen molar-refractivity contribution in [2.24, 2.45) is 0 Å². The molecule has 0 unspecified atom stereocenters. The lowest BCUT2D eigenvalue weighted by atomic mass is 9.92. The van der Waals surface area contributed by atoms with Crippen LogP contribution < -0.4 is 0 Å². The average Bonchev–Trinajstić information content (AvgIpc) is 2.45. The van der Waals surface area contributed by atoms with Crippen LogP contribution >= 0.6 is 0 Å². The summed E-state index contributed by atoms with van der Waals surface area (Å²) in [6.45, 7) is 6.58. The second-order valence-electron chi connectivity index (χ2n) is 4.37. The summed E-state index contributed by atoms with van der Waals surface area (Å²) in [7, 11) is 0. The van der Waals surface area contributed by atoms with Crippen molar-refractivity contribution in [1.29, 1.82) is 0 Å². The molecule has 0 aliphatic carbocycles. The average molecular weight is 174 g/mol. The van der Waals surface area contributed by atoms with E-state index in [1.54, 1.807) is 0 Å². The molecule has 0 saturated carbocycles. The Morgan fingerprint density at radius 2 is 2.08 bits per heavy atom. The number of hydrogen-bond donors (Lipinski definition) is 1. The van der Waals surface area contributed by atoms with Crippen LogP contribution in [0.25, 0.3) is 11.0 Å². The molecule has 68 valence electrons. The Balaban J connectivity index is 2.63. The Labute approximate surface area is 78.0 Å². The van der Waals surface area contributed by atoms with Gasteiger partial charge in [-0.25, -0.2) is 4.98 Å². The number of nitrogens with one attached hydrogen (secondary N) is 1. The Hall–Kier alpha value is -1.31. The first-order chi connectivity index (χ1) is 6.07. The van der Waals surface area contributed by atoms with Gasteiger partial charge in [-0.1, -0.05) is 20.8 Å². The van der Waals surface area contributed by atoms with E-state index in [0.717, 1.165) is 5.65 Å². The maximum atomic E-state index is 4.26. The predicted octanol–water partition coefficient (Wildman–Crippen LogP) is 2.86. The number of pyridine rings is 1. The van der Waals surface area contributed by atoms with Gasteiger partial charge in [0.2, 0.25) is 0 Å². The molecule has 0 aliphatic rings. The molecule has 0 aliphatic heterocycles. The highest BCUT2D eigenvalue weighted by atomic mass is 14.9. The fourth-order valence-corrected chi connectivity index (χ4v) is 1.36. The first kappa shape index (κ1) is 8.30. The Kier molecular flexibility index (Phi) is 1.65. The van der Waals surface area contributed by atoms with Gasteiger partial charge in [-0.3, -0.25) is 0 Å². The third kappa shape index (κ3) is 1.44. The minimum atomic E-state index is 0.167. The molecule has 0 fully saturated rings. The fraction of sp³-hybridized carbons (Fsp3) is 0.364. The van der Waals surface area contributed by atoms with Crippen LogP contribution in [0.3, 0.4) is 0 Å². The summed E-state index contributed by atoms with van der Waals surface area (Å²) in [4.78, 5) is 7.58. The second-order valence-corrected chi connectivity index (χ2v) is 4.37. The maximum absolute atomic E-state index is 4.26. The minimum absolute atomic E-state index is 0.167. The summed E-state index contributed by atoms with van der Waals surface area (Å²) in [5.74, 6) is 0. The molecule has 2 nitrogen and oxygen atoms in total. The summed E-state index contributed by atoms with van der Waals surface area (Å²) in [5.41, 5.74) is 2.38. The molecular formula is C11H14N2. The first-order valence-electron chi connectivity index (χ1n) is 4.51. The molecule has 2 heterocycles. The summed E-state index contributed by atoms with van der Waals surface area (Å²) >= 11 is 0. The van der Waals surface area contributed by atoms with E-state index in [0.29, 0.717) is 0 Å². The molecule has 2 aromatic rings. The standard InChI is InChI=1S/C11H14N2/c1-11(2,3)9-7-8-5-4-6-12-10(8)13-9/h4-7H,1-3H3,(H,12,13). The Morgan fingerprint density at radius 1 is 1.31 bits per heavy atom. The van der Waals surface area contributed by atoms with E-state index in [9.17, 15) is 0 Å². The van der Waals surface area contributed by atoms with Crippen LogP contribution in [0.4, 0.5) is 0 Å². The van der Waals surface area contributed by atoms with Gasteiger partial charge in [0.15, 0.2) is 0 Å². The van der Waals surface area contributed by atoms with Crippen molar-refractivity contribution in [3.8, 4) is 0 Å². The lowest BCUT2D eigenvalue weighted by Crippen LogP contribution is -2.11. The maximum Gasteiger partial charge on any atom is 0.137 e. The molecule has 2 heteroatoms. The van der Waals surface area contributed by atoms with Crippen LogP contribution in [0.2, 0.25) is 0 Å². The number of hydrogen-bond acceptors (Lipinski definition) is 1. The zero-order chi connectivity index (χ0) is 9.47.